The molecule has 1 aliphatic heterocycles. The summed E-state index contributed by atoms with van der Waals surface area (Å²) >= 11 is 0. The van der Waals surface area contributed by atoms with Gasteiger partial charge in [-0.1, -0.05) is 33.1 Å². The van der Waals surface area contributed by atoms with Crippen molar-refractivity contribution in [3.05, 3.63) is 17.5 Å². The Kier molecular flexibility index (Phi) is 7.39. The van der Waals surface area contributed by atoms with Crippen molar-refractivity contribution in [3.8, 4) is 0 Å². The molecule has 2 atom stereocenters. The van der Waals surface area contributed by atoms with Gasteiger partial charge in [0.15, 0.2) is 0 Å². The van der Waals surface area contributed by atoms with Crippen LogP contribution in [0.1, 0.15) is 87.3 Å². The lowest BCUT2D eigenvalue weighted by Gasteiger charge is -2.39. The quantitative estimate of drug-likeness (QED) is 0.682. The SMILES string of the molecule is CC[C@@H](C)C(=O)N[C@H](C(=O)N1CCN(C(=O)c2cc(C3CC3)nn2C)CC1)C1CCCCC1. The van der Waals surface area contributed by atoms with Gasteiger partial charge in [-0.3, -0.25) is 19.1 Å². The van der Waals surface area contributed by atoms with Crippen molar-refractivity contribution in [3.63, 3.8) is 0 Å². The minimum absolute atomic E-state index is 0.0158. The van der Waals surface area contributed by atoms with Crippen LogP contribution in [-0.4, -0.2) is 69.5 Å². The molecule has 0 unspecified atom stereocenters. The van der Waals surface area contributed by atoms with Crippen LogP contribution >= 0.6 is 0 Å². The number of carbonyl (C=O) groups excluding carboxylic acids is 3. The first-order valence-electron chi connectivity index (χ1n) is 12.8. The number of nitrogens with one attached hydrogen (secondary N) is 1. The highest BCUT2D eigenvalue weighted by Crippen LogP contribution is 2.39. The lowest BCUT2D eigenvalue weighted by molar-refractivity contribution is -0.140. The molecule has 0 aromatic carbocycles. The molecular formula is C25H39N5O3. The molecule has 0 radical (unpaired) electrons. The number of rotatable bonds is 7. The Balaban J connectivity index is 1.38. The van der Waals surface area contributed by atoms with Crippen molar-refractivity contribution in [1.29, 1.82) is 0 Å². The Hall–Kier alpha value is -2.38. The van der Waals surface area contributed by atoms with Crippen LogP contribution in [0.3, 0.4) is 0 Å². The summed E-state index contributed by atoms with van der Waals surface area (Å²) in [5.41, 5.74) is 1.64. The Morgan fingerprint density at radius 1 is 1.03 bits per heavy atom. The van der Waals surface area contributed by atoms with Crippen LogP contribution in [0.2, 0.25) is 0 Å². The van der Waals surface area contributed by atoms with E-state index in [0.717, 1.165) is 50.6 Å². The second-order valence-corrected chi connectivity index (χ2v) is 10.2. The highest BCUT2D eigenvalue weighted by molar-refractivity contribution is 5.93. The van der Waals surface area contributed by atoms with E-state index in [0.29, 0.717) is 37.8 Å². The van der Waals surface area contributed by atoms with Crippen molar-refractivity contribution < 1.29 is 14.4 Å². The van der Waals surface area contributed by atoms with Crippen LogP contribution in [0.15, 0.2) is 6.07 Å². The number of aromatic nitrogens is 2. The highest BCUT2D eigenvalue weighted by Gasteiger charge is 2.36. The number of hydrogen-bond donors (Lipinski definition) is 1. The molecular weight excluding hydrogens is 418 g/mol. The zero-order valence-electron chi connectivity index (χ0n) is 20.4. The molecule has 33 heavy (non-hydrogen) atoms. The van der Waals surface area contributed by atoms with Gasteiger partial charge in [0.2, 0.25) is 11.8 Å². The summed E-state index contributed by atoms with van der Waals surface area (Å²) in [6.45, 7) is 5.92. The molecule has 0 spiro atoms. The maximum atomic E-state index is 13.5. The Morgan fingerprint density at radius 2 is 1.67 bits per heavy atom. The minimum Gasteiger partial charge on any atom is -0.344 e. The zero-order chi connectivity index (χ0) is 23.5. The van der Waals surface area contributed by atoms with Gasteiger partial charge in [0.1, 0.15) is 11.7 Å². The van der Waals surface area contributed by atoms with E-state index < -0.39 is 6.04 Å². The van der Waals surface area contributed by atoms with E-state index in [4.69, 9.17) is 0 Å². The lowest BCUT2D eigenvalue weighted by Crippen LogP contribution is -2.58. The van der Waals surface area contributed by atoms with Crippen molar-refractivity contribution >= 4 is 17.7 Å². The van der Waals surface area contributed by atoms with Gasteiger partial charge in [-0.15, -0.1) is 0 Å². The summed E-state index contributed by atoms with van der Waals surface area (Å²) < 4.78 is 1.69. The Bertz CT molecular complexity index is 863. The number of amides is 3. The van der Waals surface area contributed by atoms with Crippen molar-refractivity contribution in [1.82, 2.24) is 24.9 Å². The molecule has 4 rings (SSSR count). The molecule has 1 aromatic heterocycles. The van der Waals surface area contributed by atoms with Crippen LogP contribution in [0, 0.1) is 11.8 Å². The van der Waals surface area contributed by atoms with Crippen molar-refractivity contribution in [2.75, 3.05) is 26.2 Å². The number of aryl methyl sites for hydroxylation is 1. The first kappa shape index (κ1) is 23.8. The standard InChI is InChI=1S/C25H39N5O3/c1-4-17(2)23(31)26-22(19-8-6-5-7-9-19)25(33)30-14-12-29(13-15-30)24(32)21-16-20(18-10-11-18)27-28(21)3/h16-19,22H,4-15H2,1-3H3,(H,26,31)/t17-,22+/m1/s1. The largest absolute Gasteiger partial charge is 0.344 e. The predicted octanol–water partition coefficient (Wildman–Crippen LogP) is 2.69. The third-order valence-corrected chi connectivity index (χ3v) is 7.74. The number of carbonyl (C=O) groups is 3. The Morgan fingerprint density at radius 3 is 2.27 bits per heavy atom. The van der Waals surface area contributed by atoms with Crippen LogP contribution in [-0.2, 0) is 16.6 Å². The normalized spacial score (nSPS) is 21.5. The van der Waals surface area contributed by atoms with E-state index in [9.17, 15) is 14.4 Å². The van der Waals surface area contributed by atoms with Crippen molar-refractivity contribution in [2.24, 2.45) is 18.9 Å². The number of nitrogens with zero attached hydrogens (tertiary/aromatic N) is 4. The second-order valence-electron chi connectivity index (χ2n) is 10.2. The summed E-state index contributed by atoms with van der Waals surface area (Å²) in [7, 11) is 1.83. The van der Waals surface area contributed by atoms with E-state index >= 15 is 0 Å². The third kappa shape index (κ3) is 5.41. The summed E-state index contributed by atoms with van der Waals surface area (Å²) in [5, 5.41) is 7.62. The predicted molar refractivity (Wildman–Crippen MR) is 126 cm³/mol. The van der Waals surface area contributed by atoms with E-state index in [-0.39, 0.29) is 29.6 Å². The maximum absolute atomic E-state index is 13.5. The molecule has 0 bridgehead atoms. The van der Waals surface area contributed by atoms with Gasteiger partial charge in [0.25, 0.3) is 5.91 Å². The van der Waals surface area contributed by atoms with E-state index in [1.54, 1.807) is 4.68 Å². The third-order valence-electron chi connectivity index (χ3n) is 7.74. The molecule has 182 valence electrons. The smallest absolute Gasteiger partial charge is 0.272 e. The number of piperazine rings is 1. The van der Waals surface area contributed by atoms with E-state index in [2.05, 4.69) is 10.4 Å². The minimum atomic E-state index is -0.452. The summed E-state index contributed by atoms with van der Waals surface area (Å²) in [6.07, 6.45) is 8.47. The first-order chi connectivity index (χ1) is 15.9. The summed E-state index contributed by atoms with van der Waals surface area (Å²) in [6, 6.07) is 1.48. The van der Waals surface area contributed by atoms with E-state index in [1.165, 1.54) is 6.42 Å². The summed E-state index contributed by atoms with van der Waals surface area (Å²) in [4.78, 5) is 42.9. The maximum Gasteiger partial charge on any atom is 0.272 e. The van der Waals surface area contributed by atoms with Crippen molar-refractivity contribution in [2.45, 2.75) is 77.2 Å². The van der Waals surface area contributed by atoms with Gasteiger partial charge in [-0.25, -0.2) is 0 Å². The van der Waals surface area contributed by atoms with Gasteiger partial charge in [-0.2, -0.15) is 5.10 Å². The van der Waals surface area contributed by atoms with Crippen LogP contribution in [0.25, 0.3) is 0 Å². The van der Waals surface area contributed by atoms with Crippen LogP contribution in [0.5, 0.6) is 0 Å². The molecule has 3 aliphatic rings. The van der Waals surface area contributed by atoms with Gasteiger partial charge in [0, 0.05) is 45.1 Å². The molecule has 3 fully saturated rings. The molecule has 8 heteroatoms. The fraction of sp³-hybridized carbons (Fsp3) is 0.760. The van der Waals surface area contributed by atoms with Gasteiger partial charge in [0.05, 0.1) is 5.69 Å². The molecule has 2 heterocycles. The monoisotopic (exact) mass is 457 g/mol. The van der Waals surface area contributed by atoms with Gasteiger partial charge in [-0.05, 0) is 44.1 Å². The molecule has 3 amide bonds. The van der Waals surface area contributed by atoms with Crippen LogP contribution < -0.4 is 5.32 Å². The molecule has 1 aromatic rings. The molecule has 2 aliphatic carbocycles. The topological polar surface area (TPSA) is 87.5 Å². The fourth-order valence-electron chi connectivity index (χ4n) is 5.09. The van der Waals surface area contributed by atoms with Crippen LogP contribution in [0.4, 0.5) is 0 Å². The molecule has 2 saturated carbocycles. The molecule has 1 N–H and O–H groups in total. The average Bonchev–Trinajstić information content (AvgIpc) is 3.63. The summed E-state index contributed by atoms with van der Waals surface area (Å²) in [5.74, 6) is 0.583. The Labute approximate surface area is 197 Å². The van der Waals surface area contributed by atoms with E-state index in [1.807, 2.05) is 36.8 Å². The lowest BCUT2D eigenvalue weighted by atomic mass is 9.83. The molecule has 1 saturated heterocycles. The second kappa shape index (κ2) is 10.3. The highest BCUT2D eigenvalue weighted by atomic mass is 16.2. The van der Waals surface area contributed by atoms with Gasteiger partial charge < -0.3 is 15.1 Å². The average molecular weight is 458 g/mol. The number of hydrogen-bond acceptors (Lipinski definition) is 4. The fourth-order valence-corrected chi connectivity index (χ4v) is 5.09. The first-order valence-corrected chi connectivity index (χ1v) is 12.8. The molecule has 8 nitrogen and oxygen atoms in total. The zero-order valence-corrected chi connectivity index (χ0v) is 20.4. The van der Waals surface area contributed by atoms with Gasteiger partial charge >= 0.3 is 0 Å².